The number of carbonyl (C=O) groups is 8. The molecule has 6 heterocycles. The van der Waals surface area contributed by atoms with Gasteiger partial charge < -0.3 is 145 Å². The quantitative estimate of drug-likeness (QED) is 0.00512. The second kappa shape index (κ2) is 58.3. The van der Waals surface area contributed by atoms with E-state index in [4.69, 9.17) is 56.8 Å². The van der Waals surface area contributed by atoms with Gasteiger partial charge in [0.25, 0.3) is 0 Å². The van der Waals surface area contributed by atoms with Crippen molar-refractivity contribution in [2.24, 2.45) is 0 Å². The van der Waals surface area contributed by atoms with Crippen LogP contribution in [0.4, 0.5) is 22.0 Å². The van der Waals surface area contributed by atoms with Crippen LogP contribution in [0.1, 0.15) is 159 Å². The van der Waals surface area contributed by atoms with Gasteiger partial charge in [0.15, 0.2) is 18.7 Å². The van der Waals surface area contributed by atoms with E-state index in [1.807, 2.05) is 0 Å². The molecule has 0 saturated carbocycles. The third-order valence-corrected chi connectivity index (χ3v) is 20.8. The maximum atomic E-state index is 14.1. The maximum absolute atomic E-state index is 14.1. The first kappa shape index (κ1) is 108. The number of aromatic nitrogens is 9. The summed E-state index contributed by atoms with van der Waals surface area (Å²) in [5, 5.41) is 136. The van der Waals surface area contributed by atoms with Crippen molar-refractivity contribution in [2.45, 2.75) is 241 Å². The van der Waals surface area contributed by atoms with Gasteiger partial charge in [0.2, 0.25) is 76.2 Å². The lowest BCUT2D eigenvalue weighted by molar-refractivity contribution is -0.219. The molecule has 16 N–H and O–H groups in total. The molecule has 7 amide bonds. The van der Waals surface area contributed by atoms with E-state index >= 15 is 0 Å². The van der Waals surface area contributed by atoms with Gasteiger partial charge in [-0.3, -0.25) is 38.4 Å². The van der Waals surface area contributed by atoms with Crippen molar-refractivity contribution in [3.63, 3.8) is 0 Å². The Hall–Kier alpha value is -8.79. The molecule has 0 aliphatic carbocycles. The molecular weight excluding hydrogens is 1750 g/mol. The topological polar surface area (TPSA) is 615 Å². The van der Waals surface area contributed by atoms with E-state index in [9.17, 15) is 106 Å². The highest BCUT2D eigenvalue weighted by Crippen LogP contribution is 2.34. The van der Waals surface area contributed by atoms with Crippen molar-refractivity contribution in [1.82, 2.24) is 82.2 Å². The minimum atomic E-state index is -2.39. The van der Waals surface area contributed by atoms with Crippen LogP contribution in [-0.2, 0) is 115 Å². The van der Waals surface area contributed by atoms with Crippen molar-refractivity contribution in [3.05, 3.63) is 64.8 Å². The monoisotopic (exact) mass is 1870 g/mol. The van der Waals surface area contributed by atoms with Crippen LogP contribution in [-0.4, -0.2) is 355 Å². The van der Waals surface area contributed by atoms with Crippen LogP contribution in [0.2, 0.25) is 0 Å². The van der Waals surface area contributed by atoms with Gasteiger partial charge in [0, 0.05) is 78.0 Å². The number of unbranched alkanes of at least 4 members (excludes halogenated alkanes) is 7. The molecule has 4 aromatic rings. The Morgan fingerprint density at radius 2 is 0.646 bits per heavy atom. The Morgan fingerprint density at radius 3 is 0.946 bits per heavy atom. The fourth-order valence-corrected chi connectivity index (χ4v) is 14.0. The molecular formula is C79H123F5N16O30. The smallest absolute Gasteiger partial charge is 0.311 e. The van der Waals surface area contributed by atoms with Crippen molar-refractivity contribution < 1.29 is 168 Å². The number of nitrogens with one attached hydrogen (secondary N) is 7. The normalized spacial score (nSPS) is 22.6. The molecule has 3 aliphatic heterocycles. The standard InChI is InChI=1S/C79H123F5N16O30/c1-47(104)88-66-72(115)69(112)53(41-101)127-76(66)98-38-50(92-95-98)44-124-35-32-121-29-26-118-23-20-85-56(107)14-17-79(91-59(110)12-10-8-6-4-5-7-9-11-13-60(111)130-75-64(83)62(81)61(80)63(82)65(75)84,18-15-57(108)86-21-24-119-27-30-122-33-36-125-45-51-39-99(96-93-51)77-67(89-48(2)105)73(116)70(113)54(42-102)128-77)19-16-58(109)87-22-25-120-28-31-123-34-37-126-46-52-40-100(97-94-52)78-68(90-49(3)106)74(117)71(114)55(43-103)129-78/h38-40,53-55,66-74,76-78,101-103,112-117H,4-37,41-46H2,1-3H3,(H,85,107)(H,86,108)(H,87,109)(H,88,104)(H,89,105)(H,90,106)(H,91,110)/t53-,54-,55-,66-,67-,68-,69-,70+,71+,72-,73-,74-,76-,77-,78-/m1/s1. The SMILES string of the molecule is CC(=O)N[C@@H]1[C@@H](O)[C@@H](O)[C@@H](CO)O[C@H]1n1cc(COCCOCCOCCNC(=O)CCC(CCC(=O)NCCOCCOCCOCc2cn([C@@H]3O[C@H](CO)[C@H](O)[C@H](O)[C@H]3NC(C)=O)nn2)(CCC(=O)NCCOCCOCCOCc2cn([C@@H]3O[C@H](CO)[C@@H](O)[C@H](O)[C@H]3NC(C)=O)nn2)NC(=O)CCCCCCCCCCC(=O)Oc2c(F)c(F)c(F)c(F)c2F)nn1. The van der Waals surface area contributed by atoms with E-state index in [0.29, 0.717) is 62.0 Å². The lowest BCUT2D eigenvalue weighted by Gasteiger charge is -2.42. The molecule has 1 aromatic carbocycles. The van der Waals surface area contributed by atoms with Crippen LogP contribution in [0.5, 0.6) is 5.75 Å². The Labute approximate surface area is 744 Å². The number of esters is 1. The summed E-state index contributed by atoms with van der Waals surface area (Å²) in [5.74, 6) is -17.6. The van der Waals surface area contributed by atoms with Crippen molar-refractivity contribution in [2.75, 3.05) is 139 Å². The predicted molar refractivity (Wildman–Crippen MR) is 431 cm³/mol. The number of hydrogen-bond acceptors (Lipinski definition) is 36. The van der Waals surface area contributed by atoms with E-state index in [-0.39, 0.29) is 196 Å². The summed E-state index contributed by atoms with van der Waals surface area (Å²) in [6.45, 7) is 3.84. The van der Waals surface area contributed by atoms with Gasteiger partial charge in [-0.2, -0.15) is 8.78 Å². The number of amides is 7. The van der Waals surface area contributed by atoms with E-state index in [1.165, 1.54) is 53.4 Å². The number of ether oxygens (including phenoxy) is 13. The maximum Gasteiger partial charge on any atom is 0.311 e. The van der Waals surface area contributed by atoms with Gasteiger partial charge in [-0.1, -0.05) is 54.2 Å². The zero-order valence-corrected chi connectivity index (χ0v) is 72.7. The van der Waals surface area contributed by atoms with Crippen molar-refractivity contribution >= 4 is 47.3 Å². The van der Waals surface area contributed by atoms with Gasteiger partial charge >= 0.3 is 5.97 Å². The van der Waals surface area contributed by atoms with Crippen LogP contribution in [0.15, 0.2) is 18.6 Å². The molecule has 51 heteroatoms. The Bertz CT molecular complexity index is 3750. The molecule has 734 valence electrons. The minimum Gasteiger partial charge on any atom is -0.420 e. The number of rotatable bonds is 64. The Morgan fingerprint density at radius 1 is 0.369 bits per heavy atom. The number of hydrogen-bond donors (Lipinski definition) is 16. The zero-order valence-electron chi connectivity index (χ0n) is 72.7. The molecule has 15 atom stereocenters. The Kier molecular flexibility index (Phi) is 48.5. The van der Waals surface area contributed by atoms with Gasteiger partial charge in [0.1, 0.15) is 90.1 Å². The van der Waals surface area contributed by atoms with Gasteiger partial charge in [-0.05, 0) is 32.1 Å². The molecule has 46 nitrogen and oxygen atoms in total. The predicted octanol–water partition coefficient (Wildman–Crippen LogP) is -3.39. The Balaban J connectivity index is 0.876. The first-order valence-electron chi connectivity index (χ1n) is 42.9. The average Bonchev–Trinajstić information content (AvgIpc) is 1.52. The summed E-state index contributed by atoms with van der Waals surface area (Å²) in [4.78, 5) is 103. The third-order valence-electron chi connectivity index (χ3n) is 20.8. The van der Waals surface area contributed by atoms with Crippen LogP contribution in [0.3, 0.4) is 0 Å². The second-order valence-corrected chi connectivity index (χ2v) is 30.8. The zero-order chi connectivity index (χ0) is 94.5. The summed E-state index contributed by atoms with van der Waals surface area (Å²) in [6.07, 6.45) is -8.05. The highest BCUT2D eigenvalue weighted by atomic mass is 19.2. The second-order valence-electron chi connectivity index (χ2n) is 30.8. The largest absolute Gasteiger partial charge is 0.420 e. The molecule has 3 aromatic heterocycles. The molecule has 130 heavy (non-hydrogen) atoms. The molecule has 0 bridgehead atoms. The lowest BCUT2D eigenvalue weighted by atomic mass is 9.82. The number of benzene rings is 1. The summed E-state index contributed by atoms with van der Waals surface area (Å²) in [5.41, 5.74) is -0.258. The fraction of sp³-hybridized carbons (Fsp3) is 0.747. The molecule has 0 radical (unpaired) electrons. The third kappa shape index (κ3) is 36.3. The van der Waals surface area contributed by atoms with Gasteiger partial charge in [0.05, 0.1) is 157 Å². The lowest BCUT2D eigenvalue weighted by Crippen LogP contribution is -2.62. The first-order chi connectivity index (χ1) is 62.5. The van der Waals surface area contributed by atoms with E-state index < -0.39 is 199 Å². The number of nitrogens with zero attached hydrogens (tertiary/aromatic N) is 9. The van der Waals surface area contributed by atoms with E-state index in [1.54, 1.807) is 0 Å². The van der Waals surface area contributed by atoms with Crippen molar-refractivity contribution in [3.8, 4) is 5.75 Å². The van der Waals surface area contributed by atoms with Crippen LogP contribution >= 0.6 is 0 Å². The number of aliphatic hydroxyl groups excluding tert-OH is 9. The average molecular weight is 1870 g/mol. The molecule has 3 aliphatic rings. The van der Waals surface area contributed by atoms with E-state index in [2.05, 4.69) is 72.9 Å². The molecule has 3 fully saturated rings. The van der Waals surface area contributed by atoms with Crippen molar-refractivity contribution in [1.29, 1.82) is 0 Å². The summed E-state index contributed by atoms with van der Waals surface area (Å²) < 4.78 is 145. The van der Waals surface area contributed by atoms with Crippen LogP contribution in [0.25, 0.3) is 0 Å². The molecule has 0 spiro atoms. The fourth-order valence-electron chi connectivity index (χ4n) is 14.0. The van der Waals surface area contributed by atoms with Crippen LogP contribution in [0, 0.1) is 29.1 Å². The summed E-state index contributed by atoms with van der Waals surface area (Å²) in [7, 11) is 0. The summed E-state index contributed by atoms with van der Waals surface area (Å²) >= 11 is 0. The summed E-state index contributed by atoms with van der Waals surface area (Å²) in [6, 6.07) is -3.37. The minimum absolute atomic E-state index is 0.0143. The number of halogens is 5. The highest BCUT2D eigenvalue weighted by molar-refractivity contribution is 5.80. The molecule has 0 unspecified atom stereocenters. The van der Waals surface area contributed by atoms with Crippen LogP contribution < -0.4 is 42.0 Å². The molecule has 7 rings (SSSR count). The van der Waals surface area contributed by atoms with E-state index in [0.717, 1.165) is 0 Å². The highest BCUT2D eigenvalue weighted by Gasteiger charge is 2.49. The molecule has 3 saturated heterocycles. The number of aliphatic hydroxyl groups is 9. The number of carbonyl (C=O) groups excluding carboxylic acids is 8. The first-order valence-corrected chi connectivity index (χ1v) is 42.9. The van der Waals surface area contributed by atoms with Gasteiger partial charge in [-0.25, -0.2) is 27.2 Å². The van der Waals surface area contributed by atoms with Gasteiger partial charge in [-0.15, -0.1) is 15.3 Å².